The number of hydrogen-bond donors (Lipinski definition) is 1. The van der Waals surface area contributed by atoms with Gasteiger partial charge in [-0.2, -0.15) is 15.5 Å². The van der Waals surface area contributed by atoms with Crippen LogP contribution >= 0.6 is 0 Å². The van der Waals surface area contributed by atoms with Crippen molar-refractivity contribution in [3.05, 3.63) is 85.2 Å². The summed E-state index contributed by atoms with van der Waals surface area (Å²) in [5.41, 5.74) is 6.44. The van der Waals surface area contributed by atoms with Crippen molar-refractivity contribution in [1.29, 1.82) is 5.26 Å². The molecule has 40 heavy (non-hydrogen) atoms. The molecule has 198 valence electrons. The van der Waals surface area contributed by atoms with Crippen LogP contribution in [0.1, 0.15) is 24.6 Å². The average Bonchev–Trinajstić information content (AvgIpc) is 3.72. The van der Waals surface area contributed by atoms with E-state index in [1.54, 1.807) is 27.7 Å². The first-order valence-electron chi connectivity index (χ1n) is 13.0. The molecular weight excluding hydrogens is 502 g/mol. The molecule has 1 unspecified atom stereocenters. The summed E-state index contributed by atoms with van der Waals surface area (Å²) in [6, 6.07) is 13.8. The summed E-state index contributed by atoms with van der Waals surface area (Å²) >= 11 is 0. The molecule has 0 spiro atoms. The minimum Gasteiger partial charge on any atom is -0.356 e. The van der Waals surface area contributed by atoms with Gasteiger partial charge in [0.2, 0.25) is 5.91 Å². The van der Waals surface area contributed by atoms with Gasteiger partial charge in [-0.1, -0.05) is 12.6 Å². The second kappa shape index (κ2) is 10.1. The monoisotopic (exact) mass is 529 g/mol. The highest BCUT2D eigenvalue weighted by Gasteiger charge is 2.29. The van der Waals surface area contributed by atoms with Crippen LogP contribution < -0.4 is 10.2 Å². The number of fused-ring (bicyclic) bond motifs is 1. The van der Waals surface area contributed by atoms with Crippen LogP contribution in [0.5, 0.6) is 0 Å². The number of nitrogens with zero attached hydrogens (tertiary/aromatic N) is 8. The van der Waals surface area contributed by atoms with Gasteiger partial charge in [0.15, 0.2) is 0 Å². The van der Waals surface area contributed by atoms with Crippen LogP contribution in [0, 0.1) is 17.2 Å². The van der Waals surface area contributed by atoms with Crippen molar-refractivity contribution in [2.45, 2.75) is 13.3 Å². The van der Waals surface area contributed by atoms with E-state index in [1.165, 1.54) is 0 Å². The van der Waals surface area contributed by atoms with Crippen molar-refractivity contribution in [3.63, 3.8) is 0 Å². The number of hydrogen-bond acceptors (Lipinski definition) is 7. The molecule has 1 aliphatic rings. The van der Waals surface area contributed by atoms with Gasteiger partial charge in [0.1, 0.15) is 17.7 Å². The average molecular weight is 530 g/mol. The Morgan fingerprint density at radius 2 is 1.98 bits per heavy atom. The predicted molar refractivity (Wildman–Crippen MR) is 153 cm³/mol. The molecule has 6 rings (SSSR count). The molecule has 0 saturated carbocycles. The van der Waals surface area contributed by atoms with E-state index in [9.17, 15) is 10.1 Å². The number of aryl methyl sites for hydroxylation is 1. The van der Waals surface area contributed by atoms with Crippen molar-refractivity contribution in [3.8, 4) is 28.3 Å². The maximum absolute atomic E-state index is 13.0. The first-order valence-corrected chi connectivity index (χ1v) is 13.0. The maximum atomic E-state index is 13.0. The van der Waals surface area contributed by atoms with Crippen LogP contribution in [0.15, 0.2) is 74.0 Å². The molecule has 1 fully saturated rings. The fourth-order valence-corrected chi connectivity index (χ4v) is 5.04. The van der Waals surface area contributed by atoms with Gasteiger partial charge in [0.25, 0.3) is 0 Å². The number of rotatable bonds is 6. The molecule has 1 atom stereocenters. The third kappa shape index (κ3) is 4.69. The lowest BCUT2D eigenvalue weighted by Gasteiger charge is -2.18. The zero-order valence-electron chi connectivity index (χ0n) is 22.2. The van der Waals surface area contributed by atoms with E-state index in [-0.39, 0.29) is 11.8 Å². The van der Waals surface area contributed by atoms with E-state index in [0.717, 1.165) is 57.8 Å². The lowest BCUT2D eigenvalue weighted by atomic mass is 10.0. The van der Waals surface area contributed by atoms with E-state index >= 15 is 0 Å². The molecular formula is C30H27N9O. The summed E-state index contributed by atoms with van der Waals surface area (Å²) in [6.45, 7) is 7.11. The summed E-state index contributed by atoms with van der Waals surface area (Å²) in [4.78, 5) is 24.3. The van der Waals surface area contributed by atoms with Gasteiger partial charge >= 0.3 is 0 Å². The third-order valence-corrected chi connectivity index (χ3v) is 7.15. The first kappa shape index (κ1) is 25.0. The van der Waals surface area contributed by atoms with Crippen molar-refractivity contribution < 1.29 is 4.79 Å². The van der Waals surface area contributed by atoms with Crippen molar-refractivity contribution in [2.24, 2.45) is 13.0 Å². The van der Waals surface area contributed by atoms with Gasteiger partial charge < -0.3 is 10.2 Å². The summed E-state index contributed by atoms with van der Waals surface area (Å²) in [6.07, 6.45) is 9.75. The zero-order valence-corrected chi connectivity index (χ0v) is 22.2. The topological polar surface area (TPSA) is 117 Å². The zero-order chi connectivity index (χ0) is 27.8. The largest absolute Gasteiger partial charge is 0.356 e. The van der Waals surface area contributed by atoms with Gasteiger partial charge in [-0.3, -0.25) is 9.48 Å². The minimum atomic E-state index is -0.169. The van der Waals surface area contributed by atoms with Crippen LogP contribution in [-0.4, -0.2) is 48.4 Å². The quantitative estimate of drug-likeness (QED) is 0.343. The number of anilines is 2. The SMILES string of the molecule is C=C(C)c1cccc(NC(=O)C2CCN(c3ccc(-c4cc(-c5cnn(C)c5)cn5ncc(C#N)c45)cn3)C2)n1. The van der Waals surface area contributed by atoms with Crippen molar-refractivity contribution >= 4 is 28.6 Å². The highest BCUT2D eigenvalue weighted by molar-refractivity contribution is 5.92. The molecule has 0 bridgehead atoms. The lowest BCUT2D eigenvalue weighted by Crippen LogP contribution is -2.27. The van der Waals surface area contributed by atoms with E-state index in [0.29, 0.717) is 17.9 Å². The number of allylic oxidation sites excluding steroid dienone is 1. The number of amides is 1. The molecule has 0 aliphatic carbocycles. The molecule has 1 amide bonds. The normalized spacial score (nSPS) is 14.8. The number of aromatic nitrogens is 6. The molecule has 5 aromatic heterocycles. The Kier molecular flexibility index (Phi) is 6.32. The van der Waals surface area contributed by atoms with Crippen LogP contribution in [0.25, 0.3) is 33.3 Å². The number of nitriles is 1. The van der Waals surface area contributed by atoms with E-state index in [4.69, 9.17) is 4.98 Å². The van der Waals surface area contributed by atoms with Gasteiger partial charge in [-0.15, -0.1) is 0 Å². The van der Waals surface area contributed by atoms with E-state index < -0.39 is 0 Å². The minimum absolute atomic E-state index is 0.0511. The van der Waals surface area contributed by atoms with Crippen molar-refractivity contribution in [1.82, 2.24) is 29.4 Å². The number of pyridine rings is 3. The van der Waals surface area contributed by atoms with Crippen LogP contribution in [0.2, 0.25) is 0 Å². The summed E-state index contributed by atoms with van der Waals surface area (Å²) in [7, 11) is 1.87. The molecule has 0 radical (unpaired) electrons. The fraction of sp³-hybridized carbons (Fsp3) is 0.200. The third-order valence-electron chi connectivity index (χ3n) is 7.15. The smallest absolute Gasteiger partial charge is 0.230 e. The molecule has 10 nitrogen and oxygen atoms in total. The number of carbonyl (C=O) groups is 1. The fourth-order valence-electron chi connectivity index (χ4n) is 5.04. The Labute approximate surface area is 231 Å². The Morgan fingerprint density at radius 3 is 2.70 bits per heavy atom. The predicted octanol–water partition coefficient (Wildman–Crippen LogP) is 4.56. The molecule has 5 aromatic rings. The molecule has 1 saturated heterocycles. The van der Waals surface area contributed by atoms with E-state index in [1.807, 2.05) is 62.9 Å². The molecule has 1 aliphatic heterocycles. The highest BCUT2D eigenvalue weighted by atomic mass is 16.2. The van der Waals surface area contributed by atoms with Crippen LogP contribution in [0.3, 0.4) is 0 Å². The van der Waals surface area contributed by atoms with E-state index in [2.05, 4.69) is 38.0 Å². The Hall–Kier alpha value is -5.30. The first-order chi connectivity index (χ1) is 19.4. The second-order valence-corrected chi connectivity index (χ2v) is 10.0. The highest BCUT2D eigenvalue weighted by Crippen LogP contribution is 2.33. The van der Waals surface area contributed by atoms with Crippen LogP contribution in [-0.2, 0) is 11.8 Å². The summed E-state index contributed by atoms with van der Waals surface area (Å²) in [5.74, 6) is 1.11. The van der Waals surface area contributed by atoms with Gasteiger partial charge in [-0.05, 0) is 49.2 Å². The molecule has 10 heteroatoms. The van der Waals surface area contributed by atoms with Crippen molar-refractivity contribution in [2.75, 3.05) is 23.3 Å². The molecule has 6 heterocycles. The Morgan fingerprint density at radius 1 is 1.10 bits per heavy atom. The number of nitrogens with one attached hydrogen (secondary N) is 1. The molecule has 1 N–H and O–H groups in total. The summed E-state index contributed by atoms with van der Waals surface area (Å²) < 4.78 is 3.48. The van der Waals surface area contributed by atoms with Gasteiger partial charge in [0, 0.05) is 61.0 Å². The standard InChI is InChI=1S/C30H27N9O/c1-19(2)26-5-4-6-27(35-26)36-30(40)21-9-10-38(17-21)28-8-7-20(13-32-28)25-11-22(24-15-33-37(3)16-24)18-39-29(25)23(12-31)14-34-39/h4-8,11,13-16,18,21H,1,9-10,17H2,2-3H3,(H,35,36,40). The molecule has 0 aromatic carbocycles. The van der Waals surface area contributed by atoms with Gasteiger partial charge in [-0.25, -0.2) is 14.5 Å². The van der Waals surface area contributed by atoms with Gasteiger partial charge in [0.05, 0.1) is 35.1 Å². The summed E-state index contributed by atoms with van der Waals surface area (Å²) in [5, 5.41) is 21.3. The lowest BCUT2D eigenvalue weighted by molar-refractivity contribution is -0.119. The van der Waals surface area contributed by atoms with Crippen LogP contribution in [0.4, 0.5) is 11.6 Å². The maximum Gasteiger partial charge on any atom is 0.230 e. The Balaban J connectivity index is 1.22. The second-order valence-electron chi connectivity index (χ2n) is 10.0. The Bertz CT molecular complexity index is 1790. The number of carbonyl (C=O) groups excluding carboxylic acids is 1.